The normalized spacial score (nSPS) is 19.4. The highest BCUT2D eigenvalue weighted by Crippen LogP contribution is 2.30. The van der Waals surface area contributed by atoms with Gasteiger partial charge in [0.1, 0.15) is 5.75 Å². The summed E-state index contributed by atoms with van der Waals surface area (Å²) in [7, 11) is 0. The highest BCUT2D eigenvalue weighted by molar-refractivity contribution is 5.95. The zero-order chi connectivity index (χ0) is 17.3. The molecule has 24 heavy (non-hydrogen) atoms. The summed E-state index contributed by atoms with van der Waals surface area (Å²) < 4.78 is 30.6. The van der Waals surface area contributed by atoms with Crippen LogP contribution in [0.4, 0.5) is 14.5 Å². The molecule has 1 aromatic carbocycles. The molecular formula is C17H23F2N3O2. The topological polar surface area (TPSA) is 58.8 Å². The van der Waals surface area contributed by atoms with E-state index in [1.807, 2.05) is 0 Å². The Morgan fingerprint density at radius 2 is 1.96 bits per heavy atom. The molecule has 1 amide bonds. The number of anilines is 1. The summed E-state index contributed by atoms with van der Waals surface area (Å²) in [4.78, 5) is 16.7. The van der Waals surface area contributed by atoms with Gasteiger partial charge in [0.25, 0.3) is 5.91 Å². The van der Waals surface area contributed by atoms with E-state index in [2.05, 4.69) is 9.64 Å². The molecule has 5 nitrogen and oxygen atoms in total. The van der Waals surface area contributed by atoms with Gasteiger partial charge in [-0.25, -0.2) is 0 Å². The molecule has 2 N–H and O–H groups in total. The number of benzene rings is 1. The summed E-state index contributed by atoms with van der Waals surface area (Å²) in [6, 6.07) is 4.28. The van der Waals surface area contributed by atoms with E-state index in [4.69, 9.17) is 5.73 Å². The minimum absolute atomic E-state index is 0.0855. The first-order valence-electron chi connectivity index (χ1n) is 8.30. The lowest BCUT2D eigenvalue weighted by atomic mass is 10.1. The lowest BCUT2D eigenvalue weighted by Gasteiger charge is -2.34. The monoisotopic (exact) mass is 339 g/mol. The second-order valence-electron chi connectivity index (χ2n) is 6.70. The zero-order valence-electron chi connectivity index (χ0n) is 13.8. The van der Waals surface area contributed by atoms with Gasteiger partial charge >= 0.3 is 6.11 Å². The molecule has 0 atom stereocenters. The maximum atomic E-state index is 13.0. The number of nitrogen functional groups attached to an aromatic ring is 1. The van der Waals surface area contributed by atoms with Crippen molar-refractivity contribution in [3.05, 3.63) is 23.8 Å². The van der Waals surface area contributed by atoms with Gasteiger partial charge in [-0.15, -0.1) is 0 Å². The summed E-state index contributed by atoms with van der Waals surface area (Å²) in [5.41, 5.74) is 6.06. The van der Waals surface area contributed by atoms with Crippen LogP contribution in [0.15, 0.2) is 18.2 Å². The maximum Gasteiger partial charge on any atom is 0.394 e. The molecule has 132 valence electrons. The minimum Gasteiger partial charge on any atom is -0.431 e. The number of halogens is 2. The van der Waals surface area contributed by atoms with Crippen molar-refractivity contribution in [2.45, 2.75) is 25.9 Å². The summed E-state index contributed by atoms with van der Waals surface area (Å²) in [5.74, 6) is 0.492. The van der Waals surface area contributed by atoms with E-state index in [0.717, 1.165) is 25.6 Å². The SMILES string of the molecule is CC(F)(F)Oc1cc(C(=O)N2CCN(CC3CC3)CC2)ccc1N. The fourth-order valence-corrected chi connectivity index (χ4v) is 2.93. The first kappa shape index (κ1) is 17.0. The molecular weight excluding hydrogens is 316 g/mol. The van der Waals surface area contributed by atoms with E-state index in [-0.39, 0.29) is 17.3 Å². The largest absolute Gasteiger partial charge is 0.431 e. The number of carbonyl (C=O) groups excluding carboxylic acids is 1. The van der Waals surface area contributed by atoms with Crippen molar-refractivity contribution in [2.75, 3.05) is 38.5 Å². The molecule has 2 fully saturated rings. The van der Waals surface area contributed by atoms with E-state index in [0.29, 0.717) is 25.6 Å². The van der Waals surface area contributed by atoms with Crippen molar-refractivity contribution in [3.8, 4) is 5.75 Å². The van der Waals surface area contributed by atoms with Gasteiger partial charge in [-0.3, -0.25) is 9.69 Å². The molecule has 1 heterocycles. The molecule has 0 spiro atoms. The highest BCUT2D eigenvalue weighted by atomic mass is 19.3. The number of nitrogens with zero attached hydrogens (tertiary/aromatic N) is 2. The Morgan fingerprint density at radius 3 is 2.54 bits per heavy atom. The van der Waals surface area contributed by atoms with Crippen molar-refractivity contribution in [1.82, 2.24) is 9.80 Å². The van der Waals surface area contributed by atoms with Crippen molar-refractivity contribution >= 4 is 11.6 Å². The van der Waals surface area contributed by atoms with Crippen LogP contribution in [0.3, 0.4) is 0 Å². The number of amides is 1. The van der Waals surface area contributed by atoms with Crippen LogP contribution in [0.1, 0.15) is 30.1 Å². The van der Waals surface area contributed by atoms with E-state index in [1.54, 1.807) is 11.0 Å². The van der Waals surface area contributed by atoms with Crippen molar-refractivity contribution < 1.29 is 18.3 Å². The van der Waals surface area contributed by atoms with Crippen molar-refractivity contribution in [2.24, 2.45) is 5.92 Å². The number of hydrogen-bond acceptors (Lipinski definition) is 4. The molecule has 3 rings (SSSR count). The number of carbonyl (C=O) groups is 1. The standard InChI is InChI=1S/C17H23F2N3O2/c1-17(18,19)24-15-10-13(4-5-14(15)20)16(23)22-8-6-21(7-9-22)11-12-2-3-12/h4-5,10,12H,2-3,6-9,11,20H2,1H3. The molecule has 0 aromatic heterocycles. The lowest BCUT2D eigenvalue weighted by Crippen LogP contribution is -2.49. The van der Waals surface area contributed by atoms with Gasteiger partial charge in [0.05, 0.1) is 5.69 Å². The summed E-state index contributed by atoms with van der Waals surface area (Å²) >= 11 is 0. The van der Waals surface area contributed by atoms with Gasteiger partial charge in [0.2, 0.25) is 0 Å². The van der Waals surface area contributed by atoms with Gasteiger partial charge in [0.15, 0.2) is 0 Å². The third kappa shape index (κ3) is 4.35. The van der Waals surface area contributed by atoms with E-state index in [1.165, 1.54) is 25.0 Å². The molecule has 0 radical (unpaired) electrons. The summed E-state index contributed by atoms with van der Waals surface area (Å²) in [6.07, 6.45) is -0.713. The molecule has 1 saturated heterocycles. The molecule has 2 aliphatic rings. The number of piperazine rings is 1. The molecule has 1 aliphatic carbocycles. The van der Waals surface area contributed by atoms with Crippen LogP contribution >= 0.6 is 0 Å². The van der Waals surface area contributed by atoms with E-state index < -0.39 is 6.11 Å². The number of hydrogen-bond donors (Lipinski definition) is 1. The van der Waals surface area contributed by atoms with Gasteiger partial charge in [0, 0.05) is 45.2 Å². The van der Waals surface area contributed by atoms with Gasteiger partial charge < -0.3 is 15.4 Å². The van der Waals surface area contributed by atoms with Crippen molar-refractivity contribution in [1.29, 1.82) is 0 Å². The predicted molar refractivity (Wildman–Crippen MR) is 87.2 cm³/mol. The van der Waals surface area contributed by atoms with Gasteiger partial charge in [-0.05, 0) is 37.0 Å². The summed E-state index contributed by atoms with van der Waals surface area (Å²) in [6.45, 7) is 4.76. The minimum atomic E-state index is -3.34. The van der Waals surface area contributed by atoms with Crippen LogP contribution in [-0.2, 0) is 0 Å². The second-order valence-corrected chi connectivity index (χ2v) is 6.70. The number of ether oxygens (including phenoxy) is 1. The molecule has 0 bridgehead atoms. The average Bonchev–Trinajstić information content (AvgIpc) is 3.32. The summed E-state index contributed by atoms with van der Waals surface area (Å²) in [5, 5.41) is 0. The Morgan fingerprint density at radius 1 is 1.29 bits per heavy atom. The van der Waals surface area contributed by atoms with Crippen LogP contribution in [0.25, 0.3) is 0 Å². The van der Waals surface area contributed by atoms with Gasteiger partial charge in [-0.1, -0.05) is 0 Å². The lowest BCUT2D eigenvalue weighted by molar-refractivity contribution is -0.158. The fourth-order valence-electron chi connectivity index (χ4n) is 2.93. The first-order chi connectivity index (χ1) is 11.3. The Kier molecular flexibility index (Phi) is 4.62. The zero-order valence-corrected chi connectivity index (χ0v) is 13.8. The van der Waals surface area contributed by atoms with Crippen LogP contribution < -0.4 is 10.5 Å². The Bertz CT molecular complexity index is 606. The number of rotatable bonds is 5. The number of alkyl halides is 2. The second kappa shape index (κ2) is 6.55. The maximum absolute atomic E-state index is 13.0. The fraction of sp³-hybridized carbons (Fsp3) is 0.588. The Hall–Kier alpha value is -1.89. The smallest absolute Gasteiger partial charge is 0.394 e. The van der Waals surface area contributed by atoms with E-state index >= 15 is 0 Å². The quantitative estimate of drug-likeness (QED) is 0.837. The highest BCUT2D eigenvalue weighted by Gasteiger charge is 2.29. The van der Waals surface area contributed by atoms with Crippen LogP contribution in [0.5, 0.6) is 5.75 Å². The van der Waals surface area contributed by atoms with Gasteiger partial charge in [-0.2, -0.15) is 8.78 Å². The third-order valence-corrected chi connectivity index (χ3v) is 4.42. The van der Waals surface area contributed by atoms with Crippen LogP contribution in [0, 0.1) is 5.92 Å². The third-order valence-electron chi connectivity index (χ3n) is 4.42. The molecule has 1 aromatic rings. The average molecular weight is 339 g/mol. The van der Waals surface area contributed by atoms with Crippen LogP contribution in [0.2, 0.25) is 0 Å². The van der Waals surface area contributed by atoms with Crippen LogP contribution in [-0.4, -0.2) is 54.5 Å². The molecule has 0 unspecified atom stereocenters. The number of nitrogens with two attached hydrogens (primary N) is 1. The molecule has 7 heteroatoms. The molecule has 1 saturated carbocycles. The van der Waals surface area contributed by atoms with E-state index in [9.17, 15) is 13.6 Å². The first-order valence-corrected chi connectivity index (χ1v) is 8.30. The molecule has 1 aliphatic heterocycles. The Balaban J connectivity index is 1.63. The predicted octanol–water partition coefficient (Wildman–Crippen LogP) is 2.43. The Labute approximate surface area is 140 Å². The van der Waals surface area contributed by atoms with Crippen molar-refractivity contribution in [3.63, 3.8) is 0 Å².